The fourth-order valence-corrected chi connectivity index (χ4v) is 10.5. The number of ether oxygens (including phenoxy) is 2. The maximum atomic E-state index is 12.6. The number of anilines is 1. The molecule has 4 fully saturated rings. The number of carbonyl (C=O) groups is 4. The van der Waals surface area contributed by atoms with E-state index in [1.807, 2.05) is 24.3 Å². The number of halogens is 4. The molecular weight excluding hydrogens is 957 g/mol. The number of fused-ring (bicyclic) bond motifs is 4. The first-order valence-electron chi connectivity index (χ1n) is 22.0. The monoisotopic (exact) mass is 1010 g/mol. The van der Waals surface area contributed by atoms with Gasteiger partial charge in [-0.05, 0) is 123 Å². The van der Waals surface area contributed by atoms with Gasteiger partial charge in [0.25, 0.3) is 11.8 Å². The van der Waals surface area contributed by atoms with Gasteiger partial charge in [0.2, 0.25) is 5.91 Å². The minimum absolute atomic E-state index is 0.0945. The highest BCUT2D eigenvalue weighted by Crippen LogP contribution is 2.38. The van der Waals surface area contributed by atoms with E-state index < -0.39 is 6.03 Å². The Bertz CT molecular complexity index is 2280. The summed E-state index contributed by atoms with van der Waals surface area (Å²) in [6.45, 7) is 1.61. The number of benzene rings is 4. The number of likely N-dealkylation sites (N-methyl/N-ethyl adjacent to an activating group) is 1. The fraction of sp³-hybridized carbons (Fsp3) is 0.417. The number of hydrogen-bond donors (Lipinski definition) is 5. The molecule has 4 aromatic carbocycles. The van der Waals surface area contributed by atoms with Crippen molar-refractivity contribution in [2.45, 2.75) is 107 Å². The Hall–Kier alpha value is -4.57. The summed E-state index contributed by atoms with van der Waals surface area (Å²) in [6, 6.07) is 27.7. The van der Waals surface area contributed by atoms with Gasteiger partial charge in [-0.3, -0.25) is 24.2 Å². The van der Waals surface area contributed by atoms with E-state index in [4.69, 9.17) is 50.0 Å². The first-order valence-corrected chi connectivity index (χ1v) is 23.9. The SMILES string of the molecule is CNC(=O)Cc1cc(Cl)ccc1OCC(=O)N[C@H]1C[C@H]2CC[C@@H](C1)N2Cc1ccc(Cl)cc1.NC(=O)Nc1cc(Br)ccc1OCC(=O)N[C@H]1C[C@H]2CC[C@@H](C1)N2Cc1ccc(Cl)cc1. The molecule has 17 heteroatoms. The molecular formula is C48H55BrCl3N7O6. The summed E-state index contributed by atoms with van der Waals surface area (Å²) in [6.07, 6.45) is 8.53. The van der Waals surface area contributed by atoms with Crippen LogP contribution in [0.15, 0.2) is 89.4 Å². The summed E-state index contributed by atoms with van der Waals surface area (Å²) < 4.78 is 12.2. The van der Waals surface area contributed by atoms with Crippen LogP contribution >= 0.6 is 50.7 Å². The van der Waals surface area contributed by atoms with Crippen molar-refractivity contribution < 1.29 is 28.7 Å². The van der Waals surface area contributed by atoms with Crippen molar-refractivity contribution in [1.82, 2.24) is 25.8 Å². The van der Waals surface area contributed by atoms with E-state index in [1.54, 1.807) is 43.4 Å². The highest BCUT2D eigenvalue weighted by atomic mass is 79.9. The lowest BCUT2D eigenvalue weighted by Gasteiger charge is -2.39. The van der Waals surface area contributed by atoms with Gasteiger partial charge < -0.3 is 36.5 Å². The van der Waals surface area contributed by atoms with E-state index in [-0.39, 0.29) is 49.4 Å². The van der Waals surface area contributed by atoms with Gasteiger partial charge in [0.15, 0.2) is 13.2 Å². The molecule has 346 valence electrons. The fourth-order valence-electron chi connectivity index (χ4n) is 9.67. The van der Waals surface area contributed by atoms with Gasteiger partial charge in [-0.1, -0.05) is 75.0 Å². The first-order chi connectivity index (χ1) is 31.3. The Morgan fingerprint density at radius 3 is 1.54 bits per heavy atom. The summed E-state index contributed by atoms with van der Waals surface area (Å²) in [4.78, 5) is 53.3. The van der Waals surface area contributed by atoms with Crippen molar-refractivity contribution in [3.63, 3.8) is 0 Å². The number of urea groups is 1. The Kier molecular flexibility index (Phi) is 16.9. The molecule has 6 N–H and O–H groups in total. The number of nitrogens with one attached hydrogen (secondary N) is 4. The minimum Gasteiger partial charge on any atom is -0.483 e. The molecule has 6 atom stereocenters. The molecule has 0 radical (unpaired) electrons. The number of amides is 5. The standard InChI is InChI=1S/C25H29Cl2N3O3.C23H26BrClN4O3/c1-28-24(31)11-17-10-19(27)6-9-23(17)33-15-25(32)29-20-12-21-7-8-22(13-20)30(21)14-16-2-4-18(26)5-3-16;24-15-3-8-21(20(9-15)28-23(26)31)32-13-22(30)27-17-10-18-6-7-19(11-17)29(18)12-14-1-4-16(25)5-2-14/h2-6,9-10,20-22H,7-8,11-15H2,1H3,(H,28,31)(H,29,32);1-5,8-9,17-19H,6-7,10-13H2,(H,27,30)(H3,26,28,31)/t20-,21+,22-;17-,18+,19-. The number of rotatable bonds is 15. The van der Waals surface area contributed by atoms with Crippen molar-refractivity contribution in [1.29, 1.82) is 0 Å². The van der Waals surface area contributed by atoms with Crippen molar-refractivity contribution in [3.8, 4) is 11.5 Å². The van der Waals surface area contributed by atoms with E-state index in [1.165, 1.54) is 11.1 Å². The maximum Gasteiger partial charge on any atom is 0.316 e. The van der Waals surface area contributed by atoms with Crippen LogP contribution in [0.3, 0.4) is 0 Å². The zero-order valence-electron chi connectivity index (χ0n) is 36.2. The number of nitrogens with two attached hydrogens (primary N) is 1. The Labute approximate surface area is 403 Å². The van der Waals surface area contributed by atoms with Crippen LogP contribution in [0, 0.1) is 0 Å². The van der Waals surface area contributed by atoms with Crippen LogP contribution in [0.1, 0.15) is 68.1 Å². The summed E-state index contributed by atoms with van der Waals surface area (Å²) >= 11 is 21.4. The molecule has 0 saturated carbocycles. The Balaban J connectivity index is 0.000000194. The lowest BCUT2D eigenvalue weighted by atomic mass is 9.96. The van der Waals surface area contributed by atoms with Crippen LogP contribution in [-0.4, -0.2) is 90.1 Å². The summed E-state index contributed by atoms with van der Waals surface area (Å²) in [7, 11) is 1.58. The van der Waals surface area contributed by atoms with Gasteiger partial charge in [0, 0.05) is 81.5 Å². The Morgan fingerprint density at radius 2 is 1.08 bits per heavy atom. The number of nitrogens with zero attached hydrogens (tertiary/aromatic N) is 2. The molecule has 65 heavy (non-hydrogen) atoms. The number of carbonyl (C=O) groups excluding carboxylic acids is 4. The van der Waals surface area contributed by atoms with E-state index in [0.717, 1.165) is 79.0 Å². The second-order valence-electron chi connectivity index (χ2n) is 17.1. The number of hydrogen-bond acceptors (Lipinski definition) is 8. The summed E-state index contributed by atoms with van der Waals surface area (Å²) in [5, 5.41) is 13.4. The van der Waals surface area contributed by atoms with Crippen LogP contribution in [0.25, 0.3) is 0 Å². The largest absolute Gasteiger partial charge is 0.483 e. The molecule has 4 aromatic rings. The highest BCUT2D eigenvalue weighted by molar-refractivity contribution is 9.10. The molecule has 5 amide bonds. The third-order valence-electron chi connectivity index (χ3n) is 12.6. The third kappa shape index (κ3) is 13.7. The second kappa shape index (κ2) is 22.8. The molecule has 0 aromatic heterocycles. The van der Waals surface area contributed by atoms with E-state index in [0.29, 0.717) is 51.9 Å². The van der Waals surface area contributed by atoms with Crippen molar-refractivity contribution in [2.75, 3.05) is 25.6 Å². The normalized spacial score (nSPS) is 22.2. The van der Waals surface area contributed by atoms with Gasteiger partial charge in [-0.2, -0.15) is 0 Å². The summed E-state index contributed by atoms with van der Waals surface area (Å²) in [5.74, 6) is 0.420. The van der Waals surface area contributed by atoms with E-state index in [2.05, 4.69) is 71.3 Å². The summed E-state index contributed by atoms with van der Waals surface area (Å²) in [5.41, 5.74) is 8.81. The first kappa shape index (κ1) is 48.4. The zero-order valence-corrected chi connectivity index (χ0v) is 40.0. The van der Waals surface area contributed by atoms with Crippen LogP contribution < -0.4 is 36.5 Å². The molecule has 4 heterocycles. The Morgan fingerprint density at radius 1 is 0.631 bits per heavy atom. The zero-order chi connectivity index (χ0) is 46.0. The van der Waals surface area contributed by atoms with Crippen LogP contribution in [0.4, 0.5) is 10.5 Å². The van der Waals surface area contributed by atoms with Gasteiger partial charge in [-0.15, -0.1) is 0 Å². The van der Waals surface area contributed by atoms with Gasteiger partial charge in [0.05, 0.1) is 12.1 Å². The molecule has 8 rings (SSSR count). The van der Waals surface area contributed by atoms with E-state index >= 15 is 0 Å². The van der Waals surface area contributed by atoms with Crippen molar-refractivity contribution in [2.24, 2.45) is 5.73 Å². The lowest BCUT2D eigenvalue weighted by molar-refractivity contribution is -0.125. The third-order valence-corrected chi connectivity index (χ3v) is 13.9. The van der Waals surface area contributed by atoms with E-state index in [9.17, 15) is 19.2 Å². The highest BCUT2D eigenvalue weighted by Gasteiger charge is 2.42. The molecule has 13 nitrogen and oxygen atoms in total. The molecule has 4 saturated heterocycles. The smallest absolute Gasteiger partial charge is 0.316 e. The lowest BCUT2D eigenvalue weighted by Crippen LogP contribution is -2.50. The molecule has 0 aliphatic carbocycles. The number of piperidine rings is 2. The van der Waals surface area contributed by atoms with Gasteiger partial charge in [-0.25, -0.2) is 4.79 Å². The maximum absolute atomic E-state index is 12.6. The van der Waals surface area contributed by atoms with Crippen molar-refractivity contribution in [3.05, 3.63) is 121 Å². The molecule has 4 aliphatic heterocycles. The molecule has 4 bridgehead atoms. The quantitative estimate of drug-likeness (QED) is 0.0794. The average Bonchev–Trinajstić information content (AvgIpc) is 3.63. The van der Waals surface area contributed by atoms with Crippen LogP contribution in [0.5, 0.6) is 11.5 Å². The minimum atomic E-state index is -0.696. The van der Waals surface area contributed by atoms with Crippen molar-refractivity contribution >= 4 is 80.2 Å². The second-order valence-corrected chi connectivity index (χ2v) is 19.4. The topological polar surface area (TPSA) is 167 Å². The predicted octanol–water partition coefficient (Wildman–Crippen LogP) is 8.26. The van der Waals surface area contributed by atoms with Crippen LogP contribution in [-0.2, 0) is 33.9 Å². The predicted molar refractivity (Wildman–Crippen MR) is 258 cm³/mol. The van der Waals surface area contributed by atoms with Gasteiger partial charge in [0.1, 0.15) is 11.5 Å². The molecule has 4 aliphatic rings. The molecule has 0 spiro atoms. The molecule has 0 unspecified atom stereocenters. The van der Waals surface area contributed by atoms with Gasteiger partial charge >= 0.3 is 6.03 Å². The van der Waals surface area contributed by atoms with Crippen LogP contribution in [0.2, 0.25) is 15.1 Å². The average molecular weight is 1010 g/mol. The number of primary amides is 1.